The van der Waals surface area contributed by atoms with E-state index in [0.717, 1.165) is 37.8 Å². The van der Waals surface area contributed by atoms with Gasteiger partial charge in [0.1, 0.15) is 18.2 Å². The molecule has 2 aromatic rings. The fraction of sp³-hybridized carbons (Fsp3) is 0.611. The molecule has 1 fully saturated rings. The zero-order valence-electron chi connectivity index (χ0n) is 15.0. The molecule has 0 bridgehead atoms. The summed E-state index contributed by atoms with van der Waals surface area (Å²) in [5.74, 6) is 1.87. The molecule has 7 heteroatoms. The van der Waals surface area contributed by atoms with Gasteiger partial charge >= 0.3 is 0 Å². The number of aliphatic hydroxyl groups is 1. The smallest absolute Gasteiger partial charge is 0.129 e. The molecule has 1 aliphatic heterocycles. The Morgan fingerprint density at radius 3 is 3.00 bits per heavy atom. The van der Waals surface area contributed by atoms with Crippen molar-refractivity contribution in [3.8, 4) is 0 Å². The summed E-state index contributed by atoms with van der Waals surface area (Å²) in [6, 6.07) is 4.14. The zero-order valence-corrected chi connectivity index (χ0v) is 15.0. The number of β-amino-alcohol motifs (C(OH)–C–C–N with tert-alkyl or cyclic N) is 1. The first kappa shape index (κ1) is 18.1. The third-order valence-corrected chi connectivity index (χ3v) is 4.72. The van der Waals surface area contributed by atoms with Crippen LogP contribution in [0.5, 0.6) is 0 Å². The Bertz CT molecular complexity index is 628. The molecule has 2 atom stereocenters. The Balaban J connectivity index is 1.37. The summed E-state index contributed by atoms with van der Waals surface area (Å²) in [7, 11) is 2.03. The van der Waals surface area contributed by atoms with Crippen LogP contribution in [0.3, 0.4) is 0 Å². The number of aryl methyl sites for hydroxylation is 1. The molecule has 0 spiro atoms. The van der Waals surface area contributed by atoms with Crippen LogP contribution in [0.15, 0.2) is 35.2 Å². The molecule has 3 heterocycles. The van der Waals surface area contributed by atoms with Crippen LogP contribution in [-0.2, 0) is 24.9 Å². The normalized spacial score (nSPS) is 20.8. The molecule has 0 unspecified atom stereocenters. The van der Waals surface area contributed by atoms with Crippen LogP contribution in [-0.4, -0.2) is 69.4 Å². The molecule has 138 valence electrons. The maximum absolute atomic E-state index is 10.2. The lowest BCUT2D eigenvalue weighted by atomic mass is 10.1. The van der Waals surface area contributed by atoms with Crippen molar-refractivity contribution in [1.82, 2.24) is 19.4 Å². The number of hydrogen-bond donors (Lipinski definition) is 1. The van der Waals surface area contributed by atoms with Gasteiger partial charge in [0.15, 0.2) is 0 Å². The Hall–Kier alpha value is -1.67. The molecule has 3 rings (SSSR count). The molecule has 0 saturated carbocycles. The Labute approximate surface area is 148 Å². The summed E-state index contributed by atoms with van der Waals surface area (Å²) < 4.78 is 12.8. The van der Waals surface area contributed by atoms with Gasteiger partial charge in [-0.25, -0.2) is 4.98 Å². The van der Waals surface area contributed by atoms with Crippen molar-refractivity contribution in [3.05, 3.63) is 42.4 Å². The SMILES string of the molecule is C[C@H]1CN(C[C@@H](O)COCc2ccco2)CCN1Cc1nccn1C. The van der Waals surface area contributed by atoms with Crippen LogP contribution in [0.25, 0.3) is 0 Å². The van der Waals surface area contributed by atoms with E-state index in [4.69, 9.17) is 9.15 Å². The summed E-state index contributed by atoms with van der Waals surface area (Å²) in [6.45, 7) is 7.33. The summed E-state index contributed by atoms with van der Waals surface area (Å²) in [4.78, 5) is 9.16. The van der Waals surface area contributed by atoms with Crippen LogP contribution in [0.4, 0.5) is 0 Å². The summed E-state index contributed by atoms with van der Waals surface area (Å²) >= 11 is 0. The predicted octanol–water partition coefficient (Wildman–Crippen LogP) is 1.10. The largest absolute Gasteiger partial charge is 0.467 e. The predicted molar refractivity (Wildman–Crippen MR) is 93.9 cm³/mol. The van der Waals surface area contributed by atoms with Crippen LogP contribution in [0.1, 0.15) is 18.5 Å². The van der Waals surface area contributed by atoms with Crippen LogP contribution >= 0.6 is 0 Å². The molecule has 7 nitrogen and oxygen atoms in total. The van der Waals surface area contributed by atoms with Gasteiger partial charge in [-0.3, -0.25) is 9.80 Å². The highest BCUT2D eigenvalue weighted by Gasteiger charge is 2.25. The summed E-state index contributed by atoms with van der Waals surface area (Å²) in [5.41, 5.74) is 0. The van der Waals surface area contributed by atoms with Crippen LogP contribution in [0, 0.1) is 0 Å². The lowest BCUT2D eigenvalue weighted by Gasteiger charge is -2.40. The molecular formula is C18H28N4O3. The van der Waals surface area contributed by atoms with Gasteiger partial charge in [-0.15, -0.1) is 0 Å². The molecule has 0 aliphatic carbocycles. The van der Waals surface area contributed by atoms with E-state index in [0.29, 0.717) is 25.8 Å². The second kappa shape index (κ2) is 8.62. The molecule has 0 aromatic carbocycles. The molecular weight excluding hydrogens is 320 g/mol. The molecule has 0 radical (unpaired) electrons. The summed E-state index contributed by atoms with van der Waals surface area (Å²) in [5, 5.41) is 10.2. The van der Waals surface area contributed by atoms with E-state index in [1.165, 1.54) is 0 Å². The minimum absolute atomic E-state index is 0.322. The number of nitrogens with zero attached hydrogens (tertiary/aromatic N) is 4. The third kappa shape index (κ3) is 5.15. The van der Waals surface area contributed by atoms with Gasteiger partial charge in [-0.2, -0.15) is 0 Å². The second-order valence-corrected chi connectivity index (χ2v) is 6.78. The topological polar surface area (TPSA) is 66.9 Å². The first-order valence-corrected chi connectivity index (χ1v) is 8.82. The first-order chi connectivity index (χ1) is 12.1. The Kier molecular flexibility index (Phi) is 6.25. The molecule has 1 saturated heterocycles. The molecule has 1 aliphatic rings. The van der Waals surface area contributed by atoms with Crippen LogP contribution < -0.4 is 0 Å². The van der Waals surface area contributed by atoms with Gasteiger partial charge in [0, 0.05) is 51.7 Å². The minimum atomic E-state index is -0.483. The number of furan rings is 1. The van der Waals surface area contributed by atoms with Crippen molar-refractivity contribution in [2.24, 2.45) is 7.05 Å². The van der Waals surface area contributed by atoms with Crippen molar-refractivity contribution in [3.63, 3.8) is 0 Å². The number of piperazine rings is 1. The van der Waals surface area contributed by atoms with Crippen molar-refractivity contribution >= 4 is 0 Å². The average molecular weight is 348 g/mol. The van der Waals surface area contributed by atoms with Gasteiger partial charge in [-0.1, -0.05) is 0 Å². The Morgan fingerprint density at radius 1 is 1.44 bits per heavy atom. The average Bonchev–Trinajstić information content (AvgIpc) is 3.22. The number of imidazole rings is 1. The monoisotopic (exact) mass is 348 g/mol. The van der Waals surface area contributed by atoms with E-state index in [-0.39, 0.29) is 0 Å². The van der Waals surface area contributed by atoms with Gasteiger partial charge < -0.3 is 18.8 Å². The van der Waals surface area contributed by atoms with Crippen molar-refractivity contribution in [2.75, 3.05) is 32.8 Å². The Morgan fingerprint density at radius 2 is 2.32 bits per heavy atom. The fourth-order valence-corrected chi connectivity index (χ4v) is 3.24. The maximum atomic E-state index is 10.2. The van der Waals surface area contributed by atoms with E-state index < -0.39 is 6.10 Å². The molecule has 0 amide bonds. The number of aliphatic hydroxyl groups excluding tert-OH is 1. The minimum Gasteiger partial charge on any atom is -0.467 e. The number of ether oxygens (including phenoxy) is 1. The van der Waals surface area contributed by atoms with E-state index in [1.807, 2.05) is 31.6 Å². The lowest BCUT2D eigenvalue weighted by Crippen LogP contribution is -2.53. The summed E-state index contributed by atoms with van der Waals surface area (Å²) in [6.07, 6.45) is 4.97. The van der Waals surface area contributed by atoms with Gasteiger partial charge in [-0.05, 0) is 19.1 Å². The standard InChI is InChI=1S/C18H28N4O3/c1-15-10-21(7-8-22(15)12-18-19-5-6-20(18)2)11-16(23)13-24-14-17-4-3-9-25-17/h3-6,9,15-16,23H,7-8,10-14H2,1-2H3/t15-,16+/m0/s1. The number of rotatable bonds is 8. The van der Waals surface area contributed by atoms with E-state index in [2.05, 4.69) is 26.3 Å². The fourth-order valence-electron chi connectivity index (χ4n) is 3.24. The number of aromatic nitrogens is 2. The van der Waals surface area contributed by atoms with Crippen molar-refractivity contribution < 1.29 is 14.3 Å². The molecule has 2 aromatic heterocycles. The molecule has 1 N–H and O–H groups in total. The third-order valence-electron chi connectivity index (χ3n) is 4.72. The first-order valence-electron chi connectivity index (χ1n) is 8.82. The van der Waals surface area contributed by atoms with Gasteiger partial charge in [0.2, 0.25) is 0 Å². The van der Waals surface area contributed by atoms with E-state index in [9.17, 15) is 5.11 Å². The van der Waals surface area contributed by atoms with Gasteiger partial charge in [0.05, 0.1) is 25.5 Å². The quantitative estimate of drug-likeness (QED) is 0.771. The molecule has 25 heavy (non-hydrogen) atoms. The van der Waals surface area contributed by atoms with Crippen molar-refractivity contribution in [2.45, 2.75) is 32.2 Å². The highest BCUT2D eigenvalue weighted by molar-refractivity contribution is 4.96. The zero-order chi connectivity index (χ0) is 17.6. The highest BCUT2D eigenvalue weighted by atomic mass is 16.5. The highest BCUT2D eigenvalue weighted by Crippen LogP contribution is 2.13. The van der Waals surface area contributed by atoms with Crippen molar-refractivity contribution in [1.29, 1.82) is 0 Å². The number of hydrogen-bond acceptors (Lipinski definition) is 6. The second-order valence-electron chi connectivity index (χ2n) is 6.78. The van der Waals surface area contributed by atoms with Crippen LogP contribution in [0.2, 0.25) is 0 Å². The van der Waals surface area contributed by atoms with Gasteiger partial charge in [0.25, 0.3) is 0 Å². The van der Waals surface area contributed by atoms with E-state index >= 15 is 0 Å². The lowest BCUT2D eigenvalue weighted by molar-refractivity contribution is -0.0108. The maximum Gasteiger partial charge on any atom is 0.129 e. The van der Waals surface area contributed by atoms with E-state index in [1.54, 1.807) is 6.26 Å².